The van der Waals surface area contributed by atoms with Gasteiger partial charge in [0.1, 0.15) is 5.02 Å². The van der Waals surface area contributed by atoms with Gasteiger partial charge in [0.05, 0.1) is 22.3 Å². The minimum absolute atomic E-state index is 0.153. The molecule has 1 saturated carbocycles. The molecule has 1 aliphatic rings. The lowest BCUT2D eigenvalue weighted by Gasteiger charge is -2.13. The van der Waals surface area contributed by atoms with Crippen LogP contribution >= 0.6 is 11.6 Å². The maximum absolute atomic E-state index is 12.5. The number of amides is 1. The summed E-state index contributed by atoms with van der Waals surface area (Å²) in [6, 6.07) is 13.6. The van der Waals surface area contributed by atoms with E-state index in [9.17, 15) is 13.2 Å². The summed E-state index contributed by atoms with van der Waals surface area (Å²) in [4.78, 5) is 21.3. The number of benzene rings is 2. The molecule has 10 heteroatoms. The Hall–Kier alpha value is -3.17. The van der Waals surface area contributed by atoms with Crippen LogP contribution in [0.15, 0.2) is 59.6 Å². The maximum Gasteiger partial charge on any atom is 0.253 e. The Kier molecular flexibility index (Phi) is 5.79. The van der Waals surface area contributed by atoms with Gasteiger partial charge in [0.2, 0.25) is 5.95 Å². The zero-order valence-corrected chi connectivity index (χ0v) is 18.2. The van der Waals surface area contributed by atoms with Crippen LogP contribution in [0, 0.1) is 0 Å². The second-order valence-electron chi connectivity index (χ2n) is 7.23. The van der Waals surface area contributed by atoms with E-state index in [0.29, 0.717) is 22.8 Å². The molecule has 0 aliphatic heterocycles. The van der Waals surface area contributed by atoms with Gasteiger partial charge in [-0.2, -0.15) is 4.98 Å². The van der Waals surface area contributed by atoms with Crippen LogP contribution in [0.2, 0.25) is 5.02 Å². The molecule has 0 saturated heterocycles. The predicted octanol–water partition coefficient (Wildman–Crippen LogP) is 3.91. The number of aromatic nitrogens is 2. The molecule has 8 nitrogen and oxygen atoms in total. The summed E-state index contributed by atoms with van der Waals surface area (Å²) in [5.41, 5.74) is 1.68. The fraction of sp³-hybridized carbons (Fsp3) is 0.190. The third-order valence-corrected chi connectivity index (χ3v) is 6.03. The van der Waals surface area contributed by atoms with E-state index in [1.807, 2.05) is 6.07 Å². The van der Waals surface area contributed by atoms with Gasteiger partial charge in [-0.15, -0.1) is 0 Å². The van der Waals surface area contributed by atoms with Crippen LogP contribution in [0.4, 0.5) is 23.1 Å². The van der Waals surface area contributed by atoms with Crippen molar-refractivity contribution in [2.45, 2.75) is 23.8 Å². The van der Waals surface area contributed by atoms with Crippen LogP contribution < -0.4 is 16.0 Å². The minimum atomic E-state index is -3.27. The highest BCUT2D eigenvalue weighted by Gasteiger charge is 2.25. The second kappa shape index (κ2) is 8.52. The lowest BCUT2D eigenvalue weighted by atomic mass is 10.1. The number of rotatable bonds is 7. The molecule has 1 aliphatic carbocycles. The smallest absolute Gasteiger partial charge is 0.253 e. The maximum atomic E-state index is 12.5. The average Bonchev–Trinajstić information content (AvgIpc) is 3.54. The highest BCUT2D eigenvalue weighted by atomic mass is 35.5. The highest BCUT2D eigenvalue weighted by molar-refractivity contribution is 7.90. The molecule has 0 atom stereocenters. The summed E-state index contributed by atoms with van der Waals surface area (Å²) in [7, 11) is -3.27. The largest absolute Gasteiger partial charge is 0.349 e. The predicted molar refractivity (Wildman–Crippen MR) is 120 cm³/mol. The molecule has 0 spiro atoms. The Morgan fingerprint density at radius 1 is 1.06 bits per heavy atom. The number of nitrogens with zero attached hydrogens (tertiary/aromatic N) is 2. The third kappa shape index (κ3) is 5.31. The zero-order chi connectivity index (χ0) is 22.0. The number of anilines is 4. The summed E-state index contributed by atoms with van der Waals surface area (Å²) in [5.74, 6) is 0.442. The molecule has 4 rings (SSSR count). The Balaban J connectivity index is 1.54. The van der Waals surface area contributed by atoms with Crippen LogP contribution in [0.25, 0.3) is 0 Å². The standard InChI is InChI=1S/C21H20ClN5O3S/c1-31(29,30)15-10-8-14(9-11-15)25-21-23-12-17(22)19(27-21)26-18-5-3-2-4-16(18)20(28)24-13-6-7-13/h2-5,8-13H,6-7H2,1H3,(H,24,28)(H2,23,25,26,27). The molecule has 160 valence electrons. The summed E-state index contributed by atoms with van der Waals surface area (Å²) in [6.07, 6.45) is 4.59. The van der Waals surface area contributed by atoms with Gasteiger partial charge in [-0.1, -0.05) is 23.7 Å². The molecular formula is C21H20ClN5O3S. The van der Waals surface area contributed by atoms with E-state index in [0.717, 1.165) is 19.1 Å². The van der Waals surface area contributed by atoms with Gasteiger partial charge in [0.15, 0.2) is 15.7 Å². The number of carbonyl (C=O) groups is 1. The highest BCUT2D eigenvalue weighted by Crippen LogP contribution is 2.28. The van der Waals surface area contributed by atoms with Crippen molar-refractivity contribution < 1.29 is 13.2 Å². The summed E-state index contributed by atoms with van der Waals surface area (Å²) in [5, 5.41) is 9.38. The molecule has 0 bridgehead atoms. The summed E-state index contributed by atoms with van der Waals surface area (Å²) >= 11 is 6.26. The van der Waals surface area contributed by atoms with Gasteiger partial charge in [-0.25, -0.2) is 13.4 Å². The van der Waals surface area contributed by atoms with Crippen LogP contribution in [0.3, 0.4) is 0 Å². The lowest BCUT2D eigenvalue weighted by Crippen LogP contribution is -2.26. The minimum Gasteiger partial charge on any atom is -0.349 e. The first kappa shape index (κ1) is 21.1. The van der Waals surface area contributed by atoms with Gasteiger partial charge in [0.25, 0.3) is 5.91 Å². The molecule has 0 unspecified atom stereocenters. The fourth-order valence-electron chi connectivity index (χ4n) is 2.84. The number of hydrogen-bond acceptors (Lipinski definition) is 7. The first-order chi connectivity index (χ1) is 14.8. The average molecular weight is 458 g/mol. The molecule has 1 fully saturated rings. The van der Waals surface area contributed by atoms with E-state index in [1.54, 1.807) is 30.3 Å². The molecule has 0 radical (unpaired) electrons. The Morgan fingerprint density at radius 2 is 1.77 bits per heavy atom. The van der Waals surface area contributed by atoms with Crippen LogP contribution in [0.1, 0.15) is 23.2 Å². The molecule has 2 aromatic carbocycles. The molecular weight excluding hydrogens is 438 g/mol. The topological polar surface area (TPSA) is 113 Å². The van der Waals surface area contributed by atoms with Crippen molar-refractivity contribution in [3.63, 3.8) is 0 Å². The Bertz CT molecular complexity index is 1230. The van der Waals surface area contributed by atoms with Gasteiger partial charge < -0.3 is 16.0 Å². The quantitative estimate of drug-likeness (QED) is 0.492. The van der Waals surface area contributed by atoms with E-state index in [-0.39, 0.29) is 27.8 Å². The van der Waals surface area contributed by atoms with Crippen molar-refractivity contribution in [1.29, 1.82) is 0 Å². The van der Waals surface area contributed by atoms with Crippen molar-refractivity contribution >= 4 is 50.5 Å². The number of sulfone groups is 1. The van der Waals surface area contributed by atoms with Crippen molar-refractivity contribution in [3.05, 3.63) is 65.3 Å². The van der Waals surface area contributed by atoms with Crippen molar-refractivity contribution in [1.82, 2.24) is 15.3 Å². The van der Waals surface area contributed by atoms with E-state index < -0.39 is 9.84 Å². The van der Waals surface area contributed by atoms with Gasteiger partial charge in [0, 0.05) is 18.0 Å². The molecule has 1 aromatic heterocycles. The summed E-state index contributed by atoms with van der Waals surface area (Å²) < 4.78 is 23.2. The number of carbonyl (C=O) groups excluding carboxylic acids is 1. The van der Waals surface area contributed by atoms with Crippen molar-refractivity contribution in [3.8, 4) is 0 Å². The molecule has 1 heterocycles. The first-order valence-corrected chi connectivity index (χ1v) is 11.8. The van der Waals surface area contributed by atoms with E-state index in [2.05, 4.69) is 25.9 Å². The van der Waals surface area contributed by atoms with Gasteiger partial charge in [-0.05, 0) is 49.2 Å². The molecule has 31 heavy (non-hydrogen) atoms. The molecule has 3 N–H and O–H groups in total. The molecule has 1 amide bonds. The second-order valence-corrected chi connectivity index (χ2v) is 9.65. The van der Waals surface area contributed by atoms with E-state index >= 15 is 0 Å². The van der Waals surface area contributed by atoms with Crippen molar-refractivity contribution in [2.75, 3.05) is 16.9 Å². The van der Waals surface area contributed by atoms with Gasteiger partial charge >= 0.3 is 0 Å². The van der Waals surface area contributed by atoms with E-state index in [1.165, 1.54) is 18.3 Å². The lowest BCUT2D eigenvalue weighted by molar-refractivity contribution is 0.0952. The number of nitrogens with one attached hydrogen (secondary N) is 3. The Morgan fingerprint density at radius 3 is 2.45 bits per heavy atom. The first-order valence-electron chi connectivity index (χ1n) is 9.56. The Labute approximate surface area is 185 Å². The number of halogens is 1. The van der Waals surface area contributed by atoms with E-state index in [4.69, 9.17) is 11.6 Å². The van der Waals surface area contributed by atoms with Crippen LogP contribution in [0.5, 0.6) is 0 Å². The zero-order valence-electron chi connectivity index (χ0n) is 16.6. The van der Waals surface area contributed by atoms with Crippen molar-refractivity contribution in [2.24, 2.45) is 0 Å². The normalized spacial score (nSPS) is 13.5. The third-order valence-electron chi connectivity index (χ3n) is 4.62. The van der Waals surface area contributed by atoms with Crippen LogP contribution in [-0.4, -0.2) is 36.6 Å². The monoisotopic (exact) mass is 457 g/mol. The summed E-state index contributed by atoms with van der Waals surface area (Å²) in [6.45, 7) is 0. The van der Waals surface area contributed by atoms with Gasteiger partial charge in [-0.3, -0.25) is 4.79 Å². The fourth-order valence-corrected chi connectivity index (χ4v) is 3.61. The number of para-hydroxylation sites is 1. The SMILES string of the molecule is CS(=O)(=O)c1ccc(Nc2ncc(Cl)c(Nc3ccccc3C(=O)NC3CC3)n2)cc1. The van der Waals surface area contributed by atoms with Crippen LogP contribution in [-0.2, 0) is 9.84 Å². The molecule has 3 aromatic rings. The number of hydrogen-bond donors (Lipinski definition) is 3.